The number of hydrogen-bond donors (Lipinski definition) is 4. The number of methoxy groups -OCH3 is 1. The van der Waals surface area contributed by atoms with Gasteiger partial charge in [-0.2, -0.15) is 14.3 Å². The molecule has 5 rings (SSSR count). The first kappa shape index (κ1) is 28.2. The van der Waals surface area contributed by atoms with Gasteiger partial charge in [-0.1, -0.05) is 12.1 Å². The van der Waals surface area contributed by atoms with E-state index in [-0.39, 0.29) is 28.4 Å². The maximum atomic E-state index is 13.0. The van der Waals surface area contributed by atoms with E-state index in [1.807, 2.05) is 0 Å². The van der Waals surface area contributed by atoms with Crippen LogP contribution in [0.25, 0.3) is 5.65 Å². The van der Waals surface area contributed by atoms with Gasteiger partial charge in [0, 0.05) is 11.5 Å². The van der Waals surface area contributed by atoms with Crippen LogP contribution in [0.4, 0.5) is 0 Å². The Hall–Kier alpha value is -4.35. The summed E-state index contributed by atoms with van der Waals surface area (Å²) in [7, 11) is 1.45. The Balaban J connectivity index is 1.28. The average molecular weight is 603 g/mol. The van der Waals surface area contributed by atoms with Crippen LogP contribution >= 0.6 is 23.5 Å². The van der Waals surface area contributed by atoms with E-state index in [1.54, 1.807) is 18.2 Å². The van der Waals surface area contributed by atoms with Crippen LogP contribution < -0.4 is 15.7 Å². The van der Waals surface area contributed by atoms with Crippen molar-refractivity contribution in [1.29, 1.82) is 0 Å². The minimum atomic E-state index is -1.56. The maximum absolute atomic E-state index is 13.0. The quantitative estimate of drug-likeness (QED) is 0.172. The molecule has 0 radical (unpaired) electrons. The highest BCUT2D eigenvalue weighted by Crippen LogP contribution is 2.41. The van der Waals surface area contributed by atoms with E-state index in [9.17, 15) is 34.2 Å². The van der Waals surface area contributed by atoms with Gasteiger partial charge in [0.1, 0.15) is 34.4 Å². The molecule has 1 saturated heterocycles. The summed E-state index contributed by atoms with van der Waals surface area (Å²) in [6, 6.07) is 8.33. The summed E-state index contributed by atoms with van der Waals surface area (Å²) in [5.74, 6) is -3.15. The second-order valence-corrected chi connectivity index (χ2v) is 11.0. The molecule has 214 valence electrons. The number of aliphatic hydroxyl groups excluding tert-OH is 1. The van der Waals surface area contributed by atoms with Gasteiger partial charge < -0.3 is 25.4 Å². The lowest BCUT2D eigenvalue weighted by Crippen LogP contribution is -2.70. The predicted octanol–water partition coefficient (Wildman–Crippen LogP) is -0.451. The van der Waals surface area contributed by atoms with E-state index in [4.69, 9.17) is 9.84 Å². The molecule has 15 nitrogen and oxygen atoms in total. The number of aliphatic hydroxyl groups is 1. The zero-order valence-corrected chi connectivity index (χ0v) is 22.8. The van der Waals surface area contributed by atoms with Gasteiger partial charge in [0.25, 0.3) is 11.8 Å². The molecular weight excluding hydrogens is 580 g/mol. The standard InChI is InChI=1S/C24H22N6O9S2/c1-39-13-4-2-3-11(7-13)19(33)20(34)25-17-21(35)29-18(23(36)37)12(10-41-22(17)29)9-40-15-6-5-14-26-28(8-16(31)32)24(38)30(14)27-15/h2-7,17,19,22,33H,8-10H2,1H3,(H,25,34)(H,31,32)(H,36,37)/t17?,19-,22-/m1/s1. The van der Waals surface area contributed by atoms with Crippen molar-refractivity contribution in [2.75, 3.05) is 18.6 Å². The molecule has 0 saturated carbocycles. The Bertz CT molecular complexity index is 1670. The molecule has 2 aromatic heterocycles. The van der Waals surface area contributed by atoms with Gasteiger partial charge in [-0.15, -0.1) is 28.6 Å². The van der Waals surface area contributed by atoms with Gasteiger partial charge in [0.05, 0.1) is 7.11 Å². The Morgan fingerprint density at radius 3 is 2.68 bits per heavy atom. The van der Waals surface area contributed by atoms with Crippen molar-refractivity contribution < 1.29 is 39.2 Å². The van der Waals surface area contributed by atoms with Gasteiger partial charge in [0.2, 0.25) is 0 Å². The van der Waals surface area contributed by atoms with E-state index in [2.05, 4.69) is 15.5 Å². The zero-order chi connectivity index (χ0) is 29.4. The van der Waals surface area contributed by atoms with Gasteiger partial charge in [-0.05, 0) is 35.4 Å². The largest absolute Gasteiger partial charge is 0.497 e. The number of thioether (sulfide) groups is 2. The Morgan fingerprint density at radius 1 is 1.20 bits per heavy atom. The molecule has 4 N–H and O–H groups in total. The van der Waals surface area contributed by atoms with Crippen LogP contribution in [0.2, 0.25) is 0 Å². The van der Waals surface area contributed by atoms with E-state index in [1.165, 1.54) is 37.1 Å². The van der Waals surface area contributed by atoms with Gasteiger partial charge >= 0.3 is 17.6 Å². The number of fused-ring (bicyclic) bond motifs is 2. The SMILES string of the molecule is COc1cccc([C@@H](O)C(=O)NC2C(=O)N3C(C(=O)O)=C(CSc4ccc5nn(CC(=O)O)c(=O)n5n4)CS[C@H]23)c1. The Labute approximate surface area is 238 Å². The lowest BCUT2D eigenvalue weighted by atomic mass is 10.0. The first-order valence-electron chi connectivity index (χ1n) is 11.9. The molecule has 3 aromatic rings. The Morgan fingerprint density at radius 2 is 1.98 bits per heavy atom. The Kier molecular flexibility index (Phi) is 7.74. The average Bonchev–Trinajstić information content (AvgIpc) is 3.26. The van der Waals surface area contributed by atoms with Gasteiger partial charge in [-0.3, -0.25) is 19.3 Å². The normalized spacial score (nSPS) is 19.0. The van der Waals surface area contributed by atoms with Crippen LogP contribution in [-0.4, -0.2) is 93.4 Å². The van der Waals surface area contributed by atoms with Crippen LogP contribution in [0.5, 0.6) is 5.75 Å². The zero-order valence-electron chi connectivity index (χ0n) is 21.2. The first-order chi connectivity index (χ1) is 19.6. The van der Waals surface area contributed by atoms with Crippen LogP contribution in [-0.2, 0) is 25.7 Å². The molecule has 0 spiro atoms. The fourth-order valence-corrected chi connectivity index (χ4v) is 6.69. The minimum Gasteiger partial charge on any atom is -0.497 e. The molecule has 2 aliphatic rings. The van der Waals surface area contributed by atoms with E-state index >= 15 is 0 Å². The summed E-state index contributed by atoms with van der Waals surface area (Å²) in [5.41, 5.74) is -0.0674. The van der Waals surface area contributed by atoms with Crippen molar-refractivity contribution in [1.82, 2.24) is 29.6 Å². The van der Waals surface area contributed by atoms with Crippen LogP contribution in [0.3, 0.4) is 0 Å². The molecule has 41 heavy (non-hydrogen) atoms. The summed E-state index contributed by atoms with van der Waals surface area (Å²) < 4.78 is 6.82. The van der Waals surface area contributed by atoms with E-state index < -0.39 is 53.5 Å². The molecule has 3 atom stereocenters. The number of β-lactam (4-membered cyclic amide) rings is 1. The summed E-state index contributed by atoms with van der Waals surface area (Å²) in [6.07, 6.45) is -1.56. The lowest BCUT2D eigenvalue weighted by molar-refractivity contribution is -0.151. The van der Waals surface area contributed by atoms with E-state index in [0.717, 1.165) is 25.9 Å². The number of hydrogen-bond acceptors (Lipinski definition) is 11. The number of carboxylic acid groups (broad SMARTS) is 2. The summed E-state index contributed by atoms with van der Waals surface area (Å²) in [6.45, 7) is -0.622. The number of carboxylic acids is 2. The van der Waals surface area contributed by atoms with Crippen molar-refractivity contribution in [3.05, 3.63) is 63.7 Å². The maximum Gasteiger partial charge on any atom is 0.367 e. The summed E-state index contributed by atoms with van der Waals surface area (Å²) >= 11 is 2.40. The van der Waals surface area contributed by atoms with Crippen LogP contribution in [0, 0.1) is 0 Å². The lowest BCUT2D eigenvalue weighted by Gasteiger charge is -2.49. The number of ether oxygens (including phenoxy) is 1. The minimum absolute atomic E-state index is 0.132. The predicted molar refractivity (Wildman–Crippen MR) is 143 cm³/mol. The number of rotatable bonds is 10. The molecule has 1 unspecified atom stereocenters. The van der Waals surface area contributed by atoms with Crippen molar-refractivity contribution in [2.45, 2.75) is 29.1 Å². The molecule has 4 heterocycles. The fraction of sp³-hybridized carbons (Fsp3) is 0.292. The third-order valence-electron chi connectivity index (χ3n) is 6.30. The number of aromatic nitrogens is 4. The number of amides is 2. The summed E-state index contributed by atoms with van der Waals surface area (Å²) in [5, 5.41) is 39.6. The van der Waals surface area contributed by atoms with Crippen LogP contribution in [0.1, 0.15) is 11.7 Å². The molecule has 0 aliphatic carbocycles. The number of aliphatic carboxylic acids is 2. The first-order valence-corrected chi connectivity index (χ1v) is 14.0. The van der Waals surface area contributed by atoms with Gasteiger partial charge in [0.15, 0.2) is 11.8 Å². The van der Waals surface area contributed by atoms with E-state index in [0.29, 0.717) is 16.3 Å². The molecule has 2 aliphatic heterocycles. The highest BCUT2D eigenvalue weighted by atomic mass is 32.2. The molecule has 1 fully saturated rings. The third-order valence-corrected chi connectivity index (χ3v) is 8.65. The molecule has 17 heteroatoms. The number of benzene rings is 1. The number of carbonyl (C=O) groups is 4. The van der Waals surface area contributed by atoms with Crippen molar-refractivity contribution >= 4 is 52.9 Å². The second kappa shape index (κ2) is 11.3. The number of nitrogens with one attached hydrogen (secondary N) is 1. The number of nitrogens with zero attached hydrogens (tertiary/aromatic N) is 5. The molecule has 1 aromatic carbocycles. The van der Waals surface area contributed by atoms with Crippen LogP contribution in [0.15, 0.2) is 57.5 Å². The van der Waals surface area contributed by atoms with Crippen molar-refractivity contribution in [3.63, 3.8) is 0 Å². The smallest absolute Gasteiger partial charge is 0.367 e. The highest BCUT2D eigenvalue weighted by Gasteiger charge is 2.54. The fourth-order valence-electron chi connectivity index (χ4n) is 4.35. The van der Waals surface area contributed by atoms with Crippen molar-refractivity contribution in [2.24, 2.45) is 0 Å². The van der Waals surface area contributed by atoms with Gasteiger partial charge in [-0.25, -0.2) is 9.59 Å². The third kappa shape index (κ3) is 5.38. The highest BCUT2D eigenvalue weighted by molar-refractivity contribution is 8.01. The second-order valence-electron chi connectivity index (χ2n) is 8.90. The molecular formula is C24H22N6O9S2. The number of carbonyl (C=O) groups excluding carboxylic acids is 2. The topological polar surface area (TPSA) is 206 Å². The summed E-state index contributed by atoms with van der Waals surface area (Å²) in [4.78, 5) is 62.3. The monoisotopic (exact) mass is 602 g/mol. The molecule has 2 amide bonds. The molecule has 0 bridgehead atoms. The van der Waals surface area contributed by atoms with Crippen molar-refractivity contribution in [3.8, 4) is 5.75 Å².